The van der Waals surface area contributed by atoms with Crippen LogP contribution in [0, 0.1) is 0 Å². The summed E-state index contributed by atoms with van der Waals surface area (Å²) in [7, 11) is -0.321. The van der Waals surface area contributed by atoms with Crippen LogP contribution < -0.4 is 5.46 Å². The first-order chi connectivity index (χ1) is 13.8. The maximum Gasteiger partial charge on any atom is 0.494 e. The maximum atomic E-state index is 12.2. The van der Waals surface area contributed by atoms with Gasteiger partial charge in [0.15, 0.2) is 0 Å². The largest absolute Gasteiger partial charge is 0.494 e. The van der Waals surface area contributed by atoms with Crippen molar-refractivity contribution in [2.45, 2.75) is 97.0 Å². The Kier molecular flexibility index (Phi) is 6.44. The van der Waals surface area contributed by atoms with Crippen LogP contribution in [0.1, 0.15) is 79.7 Å². The van der Waals surface area contributed by atoms with Crippen molar-refractivity contribution in [3.8, 4) is 0 Å². The molecule has 30 heavy (non-hydrogen) atoms. The monoisotopic (exact) mass is 415 g/mol. The van der Waals surface area contributed by atoms with Gasteiger partial charge in [0.2, 0.25) is 0 Å². The first kappa shape index (κ1) is 23.3. The molecule has 166 valence electrons. The average Bonchev–Trinajstić information content (AvgIpc) is 2.83. The number of likely N-dealkylation sites (tertiary alicyclic amines) is 1. The molecule has 2 aliphatic heterocycles. The molecule has 0 saturated carbocycles. The molecule has 1 aromatic rings. The quantitative estimate of drug-likeness (QED) is 0.552. The number of esters is 1. The molecule has 2 aliphatic rings. The predicted octanol–water partition coefficient (Wildman–Crippen LogP) is 3.90. The Morgan fingerprint density at radius 1 is 1.13 bits per heavy atom. The third-order valence-electron chi connectivity index (χ3n) is 6.70. The van der Waals surface area contributed by atoms with E-state index in [-0.39, 0.29) is 24.3 Å². The van der Waals surface area contributed by atoms with Crippen molar-refractivity contribution >= 4 is 18.6 Å². The van der Waals surface area contributed by atoms with E-state index in [0.29, 0.717) is 18.5 Å². The lowest BCUT2D eigenvalue weighted by Crippen LogP contribution is -2.44. The van der Waals surface area contributed by atoms with Crippen molar-refractivity contribution < 1.29 is 18.8 Å². The highest BCUT2D eigenvalue weighted by molar-refractivity contribution is 6.62. The average molecular weight is 415 g/mol. The van der Waals surface area contributed by atoms with Crippen molar-refractivity contribution in [1.82, 2.24) is 4.90 Å². The smallest absolute Gasteiger partial charge is 0.459 e. The lowest BCUT2D eigenvalue weighted by atomic mass is 9.77. The molecular formula is C24H38BNO4. The molecule has 0 amide bonds. The number of ether oxygens (including phenoxy) is 1. The minimum Gasteiger partial charge on any atom is -0.459 e. The third kappa shape index (κ3) is 5.27. The Bertz CT molecular complexity index is 737. The van der Waals surface area contributed by atoms with E-state index in [9.17, 15) is 4.79 Å². The van der Waals surface area contributed by atoms with Gasteiger partial charge in [-0.1, -0.05) is 24.3 Å². The topological polar surface area (TPSA) is 48.0 Å². The summed E-state index contributed by atoms with van der Waals surface area (Å²) in [6.45, 7) is 17.5. The van der Waals surface area contributed by atoms with Gasteiger partial charge in [-0.05, 0) is 91.7 Å². The minimum absolute atomic E-state index is 0.139. The normalized spacial score (nSPS) is 26.6. The summed E-state index contributed by atoms with van der Waals surface area (Å²) in [6.07, 6.45) is 2.08. The van der Waals surface area contributed by atoms with E-state index >= 15 is 0 Å². The highest BCUT2D eigenvalue weighted by atomic mass is 16.7. The van der Waals surface area contributed by atoms with Crippen LogP contribution >= 0.6 is 0 Å². The van der Waals surface area contributed by atoms with Gasteiger partial charge in [-0.3, -0.25) is 9.69 Å². The molecule has 0 radical (unpaired) electrons. The Balaban J connectivity index is 1.58. The lowest BCUT2D eigenvalue weighted by molar-refractivity contribution is -0.157. The van der Waals surface area contributed by atoms with E-state index in [1.165, 1.54) is 5.56 Å². The molecule has 2 heterocycles. The van der Waals surface area contributed by atoms with Crippen molar-refractivity contribution in [3.05, 3.63) is 29.8 Å². The fourth-order valence-corrected chi connectivity index (χ4v) is 4.20. The summed E-state index contributed by atoms with van der Waals surface area (Å²) in [4.78, 5) is 14.4. The van der Waals surface area contributed by atoms with Gasteiger partial charge in [-0.2, -0.15) is 0 Å². The number of hydrogen-bond donors (Lipinski definition) is 0. The van der Waals surface area contributed by atoms with Crippen LogP contribution in [0.4, 0.5) is 0 Å². The number of carbonyl (C=O) groups excluding carboxylic acids is 1. The predicted molar refractivity (Wildman–Crippen MR) is 121 cm³/mol. The summed E-state index contributed by atoms with van der Waals surface area (Å²) in [5.74, 6) is 0.363. The summed E-state index contributed by atoms with van der Waals surface area (Å²) >= 11 is 0. The van der Waals surface area contributed by atoms with Gasteiger partial charge >= 0.3 is 13.1 Å². The van der Waals surface area contributed by atoms with Crippen LogP contribution in [0.3, 0.4) is 0 Å². The Morgan fingerprint density at radius 3 is 2.20 bits per heavy atom. The van der Waals surface area contributed by atoms with E-state index in [2.05, 4.69) is 63.8 Å². The molecule has 0 spiro atoms. The molecule has 1 aromatic carbocycles. The molecule has 2 unspecified atom stereocenters. The van der Waals surface area contributed by atoms with Gasteiger partial charge in [-0.25, -0.2) is 0 Å². The van der Waals surface area contributed by atoms with Gasteiger partial charge in [0.1, 0.15) is 5.60 Å². The molecule has 6 heteroatoms. The van der Waals surface area contributed by atoms with E-state index in [1.807, 2.05) is 20.8 Å². The van der Waals surface area contributed by atoms with Crippen LogP contribution in [-0.4, -0.2) is 53.9 Å². The lowest BCUT2D eigenvalue weighted by Gasteiger charge is -2.37. The van der Waals surface area contributed by atoms with Crippen LogP contribution in [0.15, 0.2) is 24.3 Å². The molecule has 2 fully saturated rings. The number of carbonyl (C=O) groups is 1. The molecule has 3 rings (SSSR count). The van der Waals surface area contributed by atoms with Crippen molar-refractivity contribution in [2.75, 3.05) is 13.1 Å². The zero-order chi connectivity index (χ0) is 22.3. The van der Waals surface area contributed by atoms with E-state index < -0.39 is 5.60 Å². The number of piperidine rings is 1. The summed E-state index contributed by atoms with van der Waals surface area (Å²) in [5.41, 5.74) is 1.32. The van der Waals surface area contributed by atoms with Crippen LogP contribution in [0.5, 0.6) is 0 Å². The fraction of sp³-hybridized carbons (Fsp3) is 0.708. The standard InChI is InChI=1S/C24H38BNO4/c1-17-15-19(13-14-26(17)16-21(27)28-22(2,3)4)18-9-11-20(12-10-18)25-29-23(5,6)24(7,8)30-25/h9-12,17,19H,13-16H2,1-8H3. The summed E-state index contributed by atoms with van der Waals surface area (Å²) in [6, 6.07) is 9.03. The Hall–Kier alpha value is -1.37. The van der Waals surface area contributed by atoms with E-state index in [4.69, 9.17) is 14.0 Å². The third-order valence-corrected chi connectivity index (χ3v) is 6.70. The fourth-order valence-electron chi connectivity index (χ4n) is 4.20. The van der Waals surface area contributed by atoms with Crippen LogP contribution in [-0.2, 0) is 18.8 Å². The second-order valence-corrected chi connectivity index (χ2v) is 10.9. The molecule has 0 bridgehead atoms. The van der Waals surface area contributed by atoms with Gasteiger partial charge < -0.3 is 14.0 Å². The molecule has 0 aliphatic carbocycles. The minimum atomic E-state index is -0.433. The highest BCUT2D eigenvalue weighted by Gasteiger charge is 2.51. The Morgan fingerprint density at radius 2 is 1.70 bits per heavy atom. The number of hydrogen-bond acceptors (Lipinski definition) is 5. The highest BCUT2D eigenvalue weighted by Crippen LogP contribution is 2.37. The number of benzene rings is 1. The number of rotatable bonds is 4. The summed E-state index contributed by atoms with van der Waals surface area (Å²) in [5, 5.41) is 0. The molecule has 2 atom stereocenters. The van der Waals surface area contributed by atoms with Gasteiger partial charge in [0, 0.05) is 6.04 Å². The molecule has 5 nitrogen and oxygen atoms in total. The Labute approximate surface area is 182 Å². The maximum absolute atomic E-state index is 12.2. The van der Waals surface area contributed by atoms with E-state index in [0.717, 1.165) is 24.8 Å². The van der Waals surface area contributed by atoms with Crippen molar-refractivity contribution in [2.24, 2.45) is 0 Å². The van der Waals surface area contributed by atoms with Gasteiger partial charge in [0.05, 0.1) is 17.7 Å². The van der Waals surface area contributed by atoms with E-state index in [1.54, 1.807) is 0 Å². The van der Waals surface area contributed by atoms with Crippen LogP contribution in [0.2, 0.25) is 0 Å². The molecule has 0 N–H and O–H groups in total. The molecular weight excluding hydrogens is 377 g/mol. The second kappa shape index (κ2) is 8.29. The van der Waals surface area contributed by atoms with Crippen molar-refractivity contribution in [1.29, 1.82) is 0 Å². The number of nitrogens with zero attached hydrogens (tertiary/aromatic N) is 1. The van der Waals surface area contributed by atoms with Gasteiger partial charge in [-0.15, -0.1) is 0 Å². The molecule has 0 aromatic heterocycles. The summed E-state index contributed by atoms with van der Waals surface area (Å²) < 4.78 is 17.8. The SMILES string of the molecule is CC1CC(c2ccc(B3OC(C)(C)C(C)(C)O3)cc2)CCN1CC(=O)OC(C)(C)C. The van der Waals surface area contributed by atoms with Gasteiger partial charge in [0.25, 0.3) is 0 Å². The first-order valence-corrected chi connectivity index (χ1v) is 11.2. The zero-order valence-electron chi connectivity index (χ0n) is 20.0. The van der Waals surface area contributed by atoms with Crippen molar-refractivity contribution in [3.63, 3.8) is 0 Å². The molecule has 2 saturated heterocycles. The second-order valence-electron chi connectivity index (χ2n) is 10.9. The van der Waals surface area contributed by atoms with Crippen LogP contribution in [0.25, 0.3) is 0 Å². The zero-order valence-corrected chi connectivity index (χ0v) is 20.0. The first-order valence-electron chi connectivity index (χ1n) is 11.2.